The summed E-state index contributed by atoms with van der Waals surface area (Å²) in [4.78, 5) is 29.8. The molecule has 1 fully saturated rings. The van der Waals surface area contributed by atoms with Crippen LogP contribution in [0.2, 0.25) is 0 Å². The second-order valence-electron chi connectivity index (χ2n) is 8.24. The molecule has 0 spiro atoms. The number of nitrogens with zero attached hydrogens (tertiary/aromatic N) is 3. The lowest BCUT2D eigenvalue weighted by Gasteiger charge is -2.33. The highest BCUT2D eigenvalue weighted by atomic mass is 16.5. The first kappa shape index (κ1) is 22.7. The molecular formula is C25H29N5O3. The molecule has 1 aromatic heterocycles. The number of rotatable bonds is 8. The molecule has 0 saturated carbocycles. The number of para-hydroxylation sites is 1. The predicted molar refractivity (Wildman–Crippen MR) is 126 cm³/mol. The summed E-state index contributed by atoms with van der Waals surface area (Å²) in [5.41, 5.74) is 2.92. The van der Waals surface area contributed by atoms with E-state index in [1.165, 1.54) is 0 Å². The maximum atomic E-state index is 12.7. The number of aryl methyl sites for hydroxylation is 1. The quantitative estimate of drug-likeness (QED) is 0.552. The van der Waals surface area contributed by atoms with Crippen LogP contribution in [0.1, 0.15) is 27.4 Å². The number of aromatic nitrogens is 1. The highest BCUT2D eigenvalue weighted by Crippen LogP contribution is 2.16. The summed E-state index contributed by atoms with van der Waals surface area (Å²) in [6, 6.07) is 18.8. The lowest BCUT2D eigenvalue weighted by atomic mass is 10.1. The van der Waals surface area contributed by atoms with Gasteiger partial charge in [0.1, 0.15) is 5.76 Å². The smallest absolute Gasteiger partial charge is 0.253 e. The third-order valence-corrected chi connectivity index (χ3v) is 5.64. The molecule has 1 aliphatic rings. The summed E-state index contributed by atoms with van der Waals surface area (Å²) in [5, 5.41) is 9.88. The lowest BCUT2D eigenvalue weighted by Crippen LogP contribution is -2.48. The van der Waals surface area contributed by atoms with Gasteiger partial charge in [0.15, 0.2) is 0 Å². The number of anilines is 1. The van der Waals surface area contributed by atoms with Gasteiger partial charge in [-0.1, -0.05) is 47.6 Å². The van der Waals surface area contributed by atoms with E-state index in [0.29, 0.717) is 17.8 Å². The van der Waals surface area contributed by atoms with Gasteiger partial charge in [0, 0.05) is 45.3 Å². The van der Waals surface area contributed by atoms with E-state index >= 15 is 0 Å². The molecule has 0 radical (unpaired) electrons. The van der Waals surface area contributed by atoms with Crippen molar-refractivity contribution in [2.75, 3.05) is 38.0 Å². The fraction of sp³-hybridized carbons (Fsp3) is 0.320. The summed E-state index contributed by atoms with van der Waals surface area (Å²) in [5.74, 6) is 0.472. The highest BCUT2D eigenvalue weighted by molar-refractivity contribution is 6.04. The third kappa shape index (κ3) is 6.50. The first-order chi connectivity index (χ1) is 16.1. The zero-order valence-electron chi connectivity index (χ0n) is 18.8. The predicted octanol–water partition coefficient (Wildman–Crippen LogP) is 2.67. The van der Waals surface area contributed by atoms with Gasteiger partial charge in [0.25, 0.3) is 5.91 Å². The van der Waals surface area contributed by atoms with Crippen LogP contribution in [0, 0.1) is 6.92 Å². The zero-order valence-corrected chi connectivity index (χ0v) is 18.8. The summed E-state index contributed by atoms with van der Waals surface area (Å²) in [7, 11) is 0. The van der Waals surface area contributed by atoms with E-state index in [1.807, 2.05) is 49.4 Å². The van der Waals surface area contributed by atoms with Gasteiger partial charge in [-0.3, -0.25) is 19.4 Å². The normalized spacial score (nSPS) is 14.7. The summed E-state index contributed by atoms with van der Waals surface area (Å²) >= 11 is 0. The lowest BCUT2D eigenvalue weighted by molar-refractivity contribution is -0.117. The molecule has 33 heavy (non-hydrogen) atoms. The van der Waals surface area contributed by atoms with Crippen molar-refractivity contribution >= 4 is 17.5 Å². The Hall–Kier alpha value is -3.49. The molecule has 8 nitrogen and oxygen atoms in total. The average molecular weight is 448 g/mol. The van der Waals surface area contributed by atoms with Gasteiger partial charge in [0.2, 0.25) is 5.91 Å². The van der Waals surface area contributed by atoms with Crippen molar-refractivity contribution in [1.29, 1.82) is 0 Å². The van der Waals surface area contributed by atoms with Gasteiger partial charge in [-0.05, 0) is 24.6 Å². The molecule has 0 atom stereocenters. The van der Waals surface area contributed by atoms with Crippen LogP contribution >= 0.6 is 0 Å². The third-order valence-electron chi connectivity index (χ3n) is 5.64. The second-order valence-corrected chi connectivity index (χ2v) is 8.24. The average Bonchev–Trinajstić information content (AvgIpc) is 3.24. The van der Waals surface area contributed by atoms with Crippen molar-refractivity contribution in [3.63, 3.8) is 0 Å². The van der Waals surface area contributed by atoms with Crippen LogP contribution in [0.4, 0.5) is 5.69 Å². The fourth-order valence-corrected chi connectivity index (χ4v) is 3.88. The Morgan fingerprint density at radius 1 is 0.970 bits per heavy atom. The number of carbonyl (C=O) groups is 2. The Labute approximate surface area is 193 Å². The first-order valence-corrected chi connectivity index (χ1v) is 11.1. The van der Waals surface area contributed by atoms with Gasteiger partial charge in [-0.2, -0.15) is 0 Å². The van der Waals surface area contributed by atoms with Crippen molar-refractivity contribution < 1.29 is 14.1 Å². The molecular weight excluding hydrogens is 418 g/mol. The van der Waals surface area contributed by atoms with E-state index in [9.17, 15) is 9.59 Å². The molecule has 172 valence electrons. The van der Waals surface area contributed by atoms with Crippen molar-refractivity contribution in [2.24, 2.45) is 0 Å². The Balaban J connectivity index is 1.26. The van der Waals surface area contributed by atoms with Crippen molar-refractivity contribution in [1.82, 2.24) is 20.3 Å². The molecule has 0 aliphatic carbocycles. The first-order valence-electron chi connectivity index (χ1n) is 11.1. The molecule has 3 aromatic rings. The van der Waals surface area contributed by atoms with E-state index in [1.54, 1.807) is 18.2 Å². The van der Waals surface area contributed by atoms with E-state index in [2.05, 4.69) is 25.6 Å². The minimum atomic E-state index is -0.216. The monoisotopic (exact) mass is 447 g/mol. The molecule has 0 bridgehead atoms. The van der Waals surface area contributed by atoms with Gasteiger partial charge < -0.3 is 15.2 Å². The number of benzene rings is 2. The van der Waals surface area contributed by atoms with Crippen LogP contribution in [0.5, 0.6) is 0 Å². The van der Waals surface area contributed by atoms with Gasteiger partial charge >= 0.3 is 0 Å². The van der Waals surface area contributed by atoms with Gasteiger partial charge in [-0.25, -0.2) is 0 Å². The minimum absolute atomic E-state index is 0.126. The molecule has 4 rings (SSSR count). The topological polar surface area (TPSA) is 90.7 Å². The van der Waals surface area contributed by atoms with Crippen LogP contribution in [0.3, 0.4) is 0 Å². The summed E-state index contributed by atoms with van der Waals surface area (Å²) in [6.07, 6.45) is 0. The maximum Gasteiger partial charge on any atom is 0.253 e. The Morgan fingerprint density at radius 2 is 1.67 bits per heavy atom. The van der Waals surface area contributed by atoms with Crippen LogP contribution in [0.15, 0.2) is 65.2 Å². The van der Waals surface area contributed by atoms with E-state index < -0.39 is 0 Å². The zero-order chi connectivity index (χ0) is 23.0. The number of carbonyl (C=O) groups excluding carboxylic acids is 2. The largest absolute Gasteiger partial charge is 0.361 e. The van der Waals surface area contributed by atoms with Crippen LogP contribution < -0.4 is 10.6 Å². The summed E-state index contributed by atoms with van der Waals surface area (Å²) < 4.78 is 5.13. The standard InChI is InChI=1S/C25H29N5O3/c1-19-15-21(28-33-19)17-29-11-13-30(14-12-29)18-24(31)27-23-10-6-5-9-22(23)25(32)26-16-20-7-3-2-4-8-20/h2-10,15H,11-14,16-18H2,1H3,(H,26,32)(H,27,31). The van der Waals surface area contributed by atoms with E-state index in [0.717, 1.165) is 49.7 Å². The molecule has 8 heteroatoms. The molecule has 2 amide bonds. The van der Waals surface area contributed by atoms with E-state index in [4.69, 9.17) is 4.52 Å². The maximum absolute atomic E-state index is 12.7. The molecule has 1 saturated heterocycles. The molecule has 0 unspecified atom stereocenters. The summed E-state index contributed by atoms with van der Waals surface area (Å²) in [6.45, 7) is 6.67. The van der Waals surface area contributed by atoms with Crippen molar-refractivity contribution in [3.8, 4) is 0 Å². The number of hydrogen-bond acceptors (Lipinski definition) is 6. The van der Waals surface area contributed by atoms with Gasteiger partial charge in [0.05, 0.1) is 23.5 Å². The number of nitrogens with one attached hydrogen (secondary N) is 2. The van der Waals surface area contributed by atoms with Crippen LogP contribution in [0.25, 0.3) is 0 Å². The highest BCUT2D eigenvalue weighted by Gasteiger charge is 2.21. The molecule has 1 aliphatic heterocycles. The van der Waals surface area contributed by atoms with Crippen molar-refractivity contribution in [3.05, 3.63) is 83.2 Å². The Morgan fingerprint density at radius 3 is 2.39 bits per heavy atom. The van der Waals surface area contributed by atoms with Gasteiger partial charge in [-0.15, -0.1) is 0 Å². The SMILES string of the molecule is Cc1cc(CN2CCN(CC(=O)Nc3ccccc3C(=O)NCc3ccccc3)CC2)no1. The number of piperazine rings is 1. The van der Waals surface area contributed by atoms with Crippen molar-refractivity contribution in [2.45, 2.75) is 20.0 Å². The second kappa shape index (κ2) is 10.9. The molecule has 2 aromatic carbocycles. The number of hydrogen-bond donors (Lipinski definition) is 2. The molecule has 2 N–H and O–H groups in total. The van der Waals surface area contributed by atoms with Crippen LogP contribution in [-0.4, -0.2) is 59.5 Å². The fourth-order valence-electron chi connectivity index (χ4n) is 3.88. The van der Waals surface area contributed by atoms with Crippen LogP contribution in [-0.2, 0) is 17.9 Å². The number of amides is 2. The van der Waals surface area contributed by atoms with E-state index in [-0.39, 0.29) is 18.4 Å². The Bertz CT molecular complexity index is 1070. The minimum Gasteiger partial charge on any atom is -0.361 e. The molecule has 2 heterocycles. The Kier molecular flexibility index (Phi) is 7.49.